The molecule has 1 aromatic carbocycles. The van der Waals surface area contributed by atoms with Crippen LogP contribution < -0.4 is 5.73 Å². The third kappa shape index (κ3) is 3.98. The summed E-state index contributed by atoms with van der Waals surface area (Å²) in [6.45, 7) is 0.842. The highest BCUT2D eigenvalue weighted by atomic mass is 35.5. The summed E-state index contributed by atoms with van der Waals surface area (Å²) in [5, 5.41) is 0. The van der Waals surface area contributed by atoms with Gasteiger partial charge in [-0.05, 0) is 37.1 Å². The average molecular weight is 348 g/mol. The Morgan fingerprint density at radius 3 is 2.36 bits per heavy atom. The molecule has 1 heterocycles. The number of nitrogens with two attached hydrogens (primary N) is 1. The molecule has 1 fully saturated rings. The molecule has 0 radical (unpaired) electrons. The maximum atomic E-state index is 12.5. The Hall–Kier alpha value is -1.15. The van der Waals surface area contributed by atoms with E-state index in [1.165, 1.54) is 21.3 Å². The number of carbonyl (C=O) groups is 1. The van der Waals surface area contributed by atoms with Crippen molar-refractivity contribution in [3.8, 4) is 0 Å². The van der Waals surface area contributed by atoms with Crippen LogP contribution in [0.25, 0.3) is 0 Å². The van der Waals surface area contributed by atoms with E-state index in [2.05, 4.69) is 0 Å². The van der Waals surface area contributed by atoms with Gasteiger partial charge in [-0.1, -0.05) is 0 Å². The molecular weight excluding hydrogens is 326 g/mol. The largest absolute Gasteiger partial charge is 0.345 e. The Bertz CT molecular complexity index is 617. The SMILES string of the molecule is CN(C)C(=O)c1ccc(S(=O)(=O)N2CCCC(N)C2)cc1.Cl. The molecule has 0 saturated carbocycles. The fourth-order valence-corrected chi connectivity index (χ4v) is 3.90. The van der Waals surface area contributed by atoms with Crippen LogP contribution in [0.5, 0.6) is 0 Å². The number of halogens is 1. The summed E-state index contributed by atoms with van der Waals surface area (Å²) in [6, 6.07) is 5.93. The zero-order chi connectivity index (χ0) is 15.6. The van der Waals surface area contributed by atoms with Crippen molar-refractivity contribution in [3.05, 3.63) is 29.8 Å². The van der Waals surface area contributed by atoms with E-state index in [-0.39, 0.29) is 29.3 Å². The summed E-state index contributed by atoms with van der Waals surface area (Å²) < 4.78 is 26.5. The minimum Gasteiger partial charge on any atom is -0.345 e. The molecule has 2 N–H and O–H groups in total. The minimum absolute atomic E-state index is 0. The molecule has 8 heteroatoms. The highest BCUT2D eigenvalue weighted by molar-refractivity contribution is 7.89. The predicted molar refractivity (Wildman–Crippen MR) is 87.7 cm³/mol. The van der Waals surface area contributed by atoms with Crippen LogP contribution in [-0.4, -0.2) is 56.8 Å². The Morgan fingerprint density at radius 1 is 1.27 bits per heavy atom. The second kappa shape index (κ2) is 7.41. The van der Waals surface area contributed by atoms with Crippen LogP contribution >= 0.6 is 12.4 Å². The third-order valence-corrected chi connectivity index (χ3v) is 5.45. The number of hydrogen-bond donors (Lipinski definition) is 1. The van der Waals surface area contributed by atoms with Gasteiger partial charge in [0.05, 0.1) is 4.90 Å². The lowest BCUT2D eigenvalue weighted by atomic mass is 10.1. The topological polar surface area (TPSA) is 83.7 Å². The number of piperidine rings is 1. The van der Waals surface area contributed by atoms with E-state index < -0.39 is 10.0 Å². The van der Waals surface area contributed by atoms with Crippen LogP contribution in [0.15, 0.2) is 29.2 Å². The van der Waals surface area contributed by atoms with E-state index in [1.54, 1.807) is 26.2 Å². The highest BCUT2D eigenvalue weighted by Gasteiger charge is 2.28. The molecule has 0 aliphatic carbocycles. The maximum absolute atomic E-state index is 12.5. The summed E-state index contributed by atoms with van der Waals surface area (Å²) in [5.41, 5.74) is 6.31. The van der Waals surface area contributed by atoms with Gasteiger partial charge in [-0.3, -0.25) is 4.79 Å². The van der Waals surface area contributed by atoms with Gasteiger partial charge in [0.1, 0.15) is 0 Å². The third-order valence-electron chi connectivity index (χ3n) is 3.57. The second-order valence-corrected chi connectivity index (χ2v) is 7.43. The number of amides is 1. The first-order chi connectivity index (χ1) is 9.82. The summed E-state index contributed by atoms with van der Waals surface area (Å²) in [6.07, 6.45) is 1.62. The second-order valence-electron chi connectivity index (χ2n) is 5.49. The first-order valence-corrected chi connectivity index (χ1v) is 8.34. The Morgan fingerprint density at radius 2 is 1.86 bits per heavy atom. The van der Waals surface area contributed by atoms with Crippen LogP contribution in [0.4, 0.5) is 0 Å². The standard InChI is InChI=1S/C14H21N3O3S.ClH/c1-16(2)14(18)11-5-7-13(8-6-11)21(19,20)17-9-3-4-12(15)10-17;/h5-8,12H,3-4,9-10,15H2,1-2H3;1H. The summed E-state index contributed by atoms with van der Waals surface area (Å²) in [7, 11) is -0.219. The zero-order valence-electron chi connectivity index (χ0n) is 12.7. The van der Waals surface area contributed by atoms with Gasteiger partial charge in [0.15, 0.2) is 0 Å². The first-order valence-electron chi connectivity index (χ1n) is 6.90. The van der Waals surface area contributed by atoms with Gasteiger partial charge in [-0.2, -0.15) is 4.31 Å². The number of rotatable bonds is 3. The van der Waals surface area contributed by atoms with E-state index in [0.29, 0.717) is 18.7 Å². The van der Waals surface area contributed by atoms with Gasteiger partial charge in [-0.15, -0.1) is 12.4 Å². The van der Waals surface area contributed by atoms with E-state index in [1.807, 2.05) is 0 Å². The lowest BCUT2D eigenvalue weighted by molar-refractivity contribution is 0.0827. The van der Waals surface area contributed by atoms with Gasteiger partial charge in [-0.25, -0.2) is 8.42 Å². The van der Waals surface area contributed by atoms with E-state index in [0.717, 1.165) is 12.8 Å². The first kappa shape index (κ1) is 18.9. The lowest BCUT2D eigenvalue weighted by Crippen LogP contribution is -2.45. The summed E-state index contributed by atoms with van der Waals surface area (Å²) in [4.78, 5) is 13.5. The number of nitrogens with zero attached hydrogens (tertiary/aromatic N) is 2. The molecule has 1 aliphatic heterocycles. The quantitative estimate of drug-likeness (QED) is 0.881. The molecule has 0 spiro atoms. The molecule has 1 amide bonds. The average Bonchev–Trinajstić information content (AvgIpc) is 2.46. The maximum Gasteiger partial charge on any atom is 0.253 e. The van der Waals surface area contributed by atoms with Gasteiger partial charge in [0.25, 0.3) is 5.91 Å². The van der Waals surface area contributed by atoms with Crippen molar-refractivity contribution in [2.24, 2.45) is 5.73 Å². The molecule has 1 atom stereocenters. The van der Waals surface area contributed by atoms with E-state index in [9.17, 15) is 13.2 Å². The zero-order valence-corrected chi connectivity index (χ0v) is 14.4. The molecule has 1 saturated heterocycles. The normalized spacial score (nSPS) is 19.3. The van der Waals surface area contributed by atoms with E-state index >= 15 is 0 Å². The van der Waals surface area contributed by atoms with Gasteiger partial charge >= 0.3 is 0 Å². The highest BCUT2D eigenvalue weighted by Crippen LogP contribution is 2.20. The van der Waals surface area contributed by atoms with Crippen molar-refractivity contribution in [3.63, 3.8) is 0 Å². The lowest BCUT2D eigenvalue weighted by Gasteiger charge is -2.29. The fourth-order valence-electron chi connectivity index (χ4n) is 2.37. The predicted octanol–water partition coefficient (Wildman–Crippen LogP) is 0.922. The molecule has 1 aliphatic rings. The number of hydrogen-bond acceptors (Lipinski definition) is 4. The van der Waals surface area contributed by atoms with Crippen molar-refractivity contribution in [1.82, 2.24) is 9.21 Å². The van der Waals surface area contributed by atoms with Crippen molar-refractivity contribution >= 4 is 28.3 Å². The van der Waals surface area contributed by atoms with E-state index in [4.69, 9.17) is 5.73 Å². The monoisotopic (exact) mass is 347 g/mol. The summed E-state index contributed by atoms with van der Waals surface area (Å²) >= 11 is 0. The molecule has 6 nitrogen and oxygen atoms in total. The van der Waals surface area contributed by atoms with Crippen LogP contribution in [0.2, 0.25) is 0 Å². The van der Waals surface area contributed by atoms with Gasteiger partial charge in [0, 0.05) is 38.8 Å². The van der Waals surface area contributed by atoms with Gasteiger partial charge < -0.3 is 10.6 Å². The van der Waals surface area contributed by atoms with Crippen LogP contribution in [-0.2, 0) is 10.0 Å². The van der Waals surface area contributed by atoms with Crippen molar-refractivity contribution < 1.29 is 13.2 Å². The van der Waals surface area contributed by atoms with Crippen molar-refractivity contribution in [2.75, 3.05) is 27.2 Å². The molecule has 22 heavy (non-hydrogen) atoms. The van der Waals surface area contributed by atoms with Crippen LogP contribution in [0.1, 0.15) is 23.2 Å². The Labute approximate surface area is 137 Å². The number of sulfonamides is 1. The Kier molecular flexibility index (Phi) is 6.37. The molecular formula is C14H22ClN3O3S. The number of carbonyl (C=O) groups excluding carboxylic acids is 1. The van der Waals surface area contributed by atoms with Crippen molar-refractivity contribution in [1.29, 1.82) is 0 Å². The number of benzene rings is 1. The molecule has 1 aromatic rings. The molecule has 1 unspecified atom stereocenters. The summed E-state index contributed by atoms with van der Waals surface area (Å²) in [5.74, 6) is -0.154. The van der Waals surface area contributed by atoms with Crippen LogP contribution in [0, 0.1) is 0 Å². The fraction of sp³-hybridized carbons (Fsp3) is 0.500. The van der Waals surface area contributed by atoms with Crippen LogP contribution in [0.3, 0.4) is 0 Å². The Balaban J connectivity index is 0.00000242. The molecule has 0 bridgehead atoms. The molecule has 124 valence electrons. The molecule has 2 rings (SSSR count). The molecule has 0 aromatic heterocycles. The minimum atomic E-state index is -3.53. The van der Waals surface area contributed by atoms with Gasteiger partial charge in [0.2, 0.25) is 10.0 Å². The smallest absolute Gasteiger partial charge is 0.253 e. The van der Waals surface area contributed by atoms with Crippen molar-refractivity contribution in [2.45, 2.75) is 23.8 Å².